The monoisotopic (exact) mass is 569 g/mol. The quantitative estimate of drug-likeness (QED) is 0.397. The molecule has 10 nitrogen and oxygen atoms in total. The molecule has 1 saturated carbocycles. The Kier molecular flexibility index (Phi) is 8.31. The summed E-state index contributed by atoms with van der Waals surface area (Å²) in [7, 11) is 0. The summed E-state index contributed by atoms with van der Waals surface area (Å²) in [5, 5.41) is 17.5. The van der Waals surface area contributed by atoms with E-state index in [0.29, 0.717) is 30.3 Å². The smallest absolute Gasteiger partial charge is 0.220 e. The van der Waals surface area contributed by atoms with Gasteiger partial charge in [0.15, 0.2) is 0 Å². The maximum absolute atomic E-state index is 13.0. The van der Waals surface area contributed by atoms with Gasteiger partial charge in [0.25, 0.3) is 0 Å². The average Bonchev–Trinajstić information content (AvgIpc) is 3.72. The van der Waals surface area contributed by atoms with Gasteiger partial charge in [-0.3, -0.25) is 9.69 Å². The lowest BCUT2D eigenvalue weighted by atomic mass is 9.86. The zero-order valence-electron chi connectivity index (χ0n) is 24.8. The van der Waals surface area contributed by atoms with Crippen LogP contribution in [-0.4, -0.2) is 94.8 Å². The molecule has 2 aliphatic heterocycles. The van der Waals surface area contributed by atoms with Crippen LogP contribution in [0.4, 0.5) is 5.82 Å². The Labute approximate surface area is 248 Å². The molecule has 42 heavy (non-hydrogen) atoms. The van der Waals surface area contributed by atoms with Gasteiger partial charge in [0.2, 0.25) is 5.91 Å². The number of nitrogens with zero attached hydrogens (tertiary/aromatic N) is 7. The van der Waals surface area contributed by atoms with Crippen LogP contribution in [0.3, 0.4) is 0 Å². The Morgan fingerprint density at radius 2 is 1.88 bits per heavy atom. The van der Waals surface area contributed by atoms with Crippen LogP contribution in [0.25, 0.3) is 16.6 Å². The molecule has 1 unspecified atom stereocenters. The van der Waals surface area contributed by atoms with Gasteiger partial charge in [-0.2, -0.15) is 10.4 Å². The van der Waals surface area contributed by atoms with Crippen LogP contribution in [0.15, 0.2) is 36.8 Å². The highest BCUT2D eigenvalue weighted by Crippen LogP contribution is 2.34. The molecule has 3 aromatic heterocycles. The topological polar surface area (TPSA) is 102 Å². The standard InChI is InChI=1S/C32H41N8O2/c1-3-37-13-15-38(16-14-37)23-32(36-30(41)17-24-5-6-24)9-11-39(12-10-32)29-8-7-25(20-34-29)28-18-27(42-4-2)22-40-31(28)26(19-33)21-35-40/h5,7-8,18,20-22,24H,3-4,6,9-17,23H2,1-2H3,(H,36,41). The fourth-order valence-electron chi connectivity index (χ4n) is 6.40. The van der Waals surface area contributed by atoms with Crippen molar-refractivity contribution in [1.82, 2.24) is 29.7 Å². The van der Waals surface area contributed by atoms with Crippen LogP contribution < -0.4 is 15.0 Å². The zero-order valence-corrected chi connectivity index (χ0v) is 24.8. The number of carbonyl (C=O) groups excluding carboxylic acids is 1. The summed E-state index contributed by atoms with van der Waals surface area (Å²) in [5.41, 5.74) is 2.83. The highest BCUT2D eigenvalue weighted by atomic mass is 16.5. The normalized spacial score (nSPS) is 19.5. The number of rotatable bonds is 10. The second-order valence-electron chi connectivity index (χ2n) is 11.9. The van der Waals surface area contributed by atoms with Crippen molar-refractivity contribution in [2.24, 2.45) is 5.92 Å². The van der Waals surface area contributed by atoms with Crippen molar-refractivity contribution in [1.29, 1.82) is 5.26 Å². The number of nitrogens with one attached hydrogen (secondary N) is 1. The summed E-state index contributed by atoms with van der Waals surface area (Å²) in [5.74, 6) is 2.27. The molecule has 1 amide bonds. The predicted molar refractivity (Wildman–Crippen MR) is 162 cm³/mol. The van der Waals surface area contributed by atoms with Crippen LogP contribution in [-0.2, 0) is 4.79 Å². The van der Waals surface area contributed by atoms with Crippen molar-refractivity contribution in [3.05, 3.63) is 48.8 Å². The highest BCUT2D eigenvalue weighted by Gasteiger charge is 2.39. The number of amides is 1. The number of piperazine rings is 1. The van der Waals surface area contributed by atoms with E-state index in [2.05, 4.69) is 56.7 Å². The lowest BCUT2D eigenvalue weighted by molar-refractivity contribution is -0.124. The molecule has 0 spiro atoms. The lowest BCUT2D eigenvalue weighted by Crippen LogP contribution is -2.62. The summed E-state index contributed by atoms with van der Waals surface area (Å²) in [6, 6.07) is 8.32. The molecule has 0 bridgehead atoms. The molecule has 1 N–H and O–H groups in total. The third-order valence-corrected chi connectivity index (χ3v) is 8.98. The number of pyridine rings is 2. The van der Waals surface area contributed by atoms with E-state index in [1.165, 1.54) is 0 Å². The first-order valence-electron chi connectivity index (χ1n) is 15.3. The van der Waals surface area contributed by atoms with Crippen LogP contribution >= 0.6 is 0 Å². The molecule has 1 radical (unpaired) electrons. The van der Waals surface area contributed by atoms with Crippen LogP contribution in [0.5, 0.6) is 5.75 Å². The summed E-state index contributed by atoms with van der Waals surface area (Å²) < 4.78 is 7.47. The van der Waals surface area contributed by atoms with E-state index in [0.717, 1.165) is 94.1 Å². The number of hydrogen-bond acceptors (Lipinski definition) is 8. The summed E-state index contributed by atoms with van der Waals surface area (Å²) in [4.78, 5) is 25.2. The largest absolute Gasteiger partial charge is 0.492 e. The zero-order chi connectivity index (χ0) is 29.1. The summed E-state index contributed by atoms with van der Waals surface area (Å²) in [6.07, 6.45) is 10.9. The maximum Gasteiger partial charge on any atom is 0.220 e. The first kappa shape index (κ1) is 28.4. The van der Waals surface area contributed by atoms with E-state index < -0.39 is 0 Å². The predicted octanol–water partition coefficient (Wildman–Crippen LogP) is 3.37. The van der Waals surface area contributed by atoms with Gasteiger partial charge >= 0.3 is 0 Å². The van der Waals surface area contributed by atoms with Gasteiger partial charge in [-0.15, -0.1) is 0 Å². The fraction of sp³-hybridized carbons (Fsp3) is 0.531. The van der Waals surface area contributed by atoms with Gasteiger partial charge < -0.3 is 19.9 Å². The molecule has 0 aromatic carbocycles. The molecule has 3 aromatic rings. The van der Waals surface area contributed by atoms with Crippen molar-refractivity contribution in [3.63, 3.8) is 0 Å². The molecular weight excluding hydrogens is 528 g/mol. The average molecular weight is 570 g/mol. The van der Waals surface area contributed by atoms with Crippen molar-refractivity contribution in [2.75, 3.05) is 63.9 Å². The Bertz CT molecular complexity index is 1430. The van der Waals surface area contributed by atoms with E-state index in [9.17, 15) is 10.1 Å². The van der Waals surface area contributed by atoms with Crippen molar-refractivity contribution in [2.45, 2.75) is 45.1 Å². The van der Waals surface area contributed by atoms with Gasteiger partial charge in [0.05, 0.1) is 35.6 Å². The van der Waals surface area contributed by atoms with E-state index in [1.807, 2.05) is 19.2 Å². The van der Waals surface area contributed by atoms with Crippen LogP contribution in [0.1, 0.15) is 45.1 Å². The molecule has 5 heterocycles. The third-order valence-electron chi connectivity index (χ3n) is 8.98. The maximum atomic E-state index is 13.0. The van der Waals surface area contributed by atoms with Crippen molar-refractivity contribution in [3.8, 4) is 22.9 Å². The first-order chi connectivity index (χ1) is 20.5. The lowest BCUT2D eigenvalue weighted by Gasteiger charge is -2.46. The van der Waals surface area contributed by atoms with Crippen LogP contribution in [0, 0.1) is 23.7 Å². The van der Waals surface area contributed by atoms with E-state index in [-0.39, 0.29) is 11.4 Å². The van der Waals surface area contributed by atoms with Crippen molar-refractivity contribution < 1.29 is 9.53 Å². The van der Waals surface area contributed by atoms with Crippen LogP contribution in [0.2, 0.25) is 0 Å². The van der Waals surface area contributed by atoms with E-state index >= 15 is 0 Å². The second kappa shape index (κ2) is 12.3. The number of piperidine rings is 1. The number of carbonyl (C=O) groups is 1. The number of ether oxygens (including phenoxy) is 1. The number of hydrogen-bond donors (Lipinski definition) is 1. The van der Waals surface area contributed by atoms with Gasteiger partial charge in [0, 0.05) is 69.6 Å². The Hall–Kier alpha value is -3.68. The van der Waals surface area contributed by atoms with E-state index in [4.69, 9.17) is 9.72 Å². The van der Waals surface area contributed by atoms with Gasteiger partial charge in [0.1, 0.15) is 17.6 Å². The Morgan fingerprint density at radius 3 is 2.52 bits per heavy atom. The summed E-state index contributed by atoms with van der Waals surface area (Å²) in [6.45, 7) is 12.7. The number of anilines is 1. The molecule has 3 aliphatic rings. The highest BCUT2D eigenvalue weighted by molar-refractivity contribution is 5.85. The minimum absolute atomic E-state index is 0.189. The second-order valence-corrected chi connectivity index (χ2v) is 11.9. The third kappa shape index (κ3) is 6.22. The minimum atomic E-state index is -0.210. The Balaban J connectivity index is 1.17. The molecule has 6 rings (SSSR count). The first-order valence-corrected chi connectivity index (χ1v) is 15.3. The van der Waals surface area contributed by atoms with Gasteiger partial charge in [-0.1, -0.05) is 6.92 Å². The molecule has 1 aliphatic carbocycles. The molecule has 3 fully saturated rings. The van der Waals surface area contributed by atoms with Crippen molar-refractivity contribution >= 4 is 17.2 Å². The summed E-state index contributed by atoms with van der Waals surface area (Å²) >= 11 is 0. The SMILES string of the molecule is CCOc1cc(-c2ccc(N3CCC(CN4CCN(CC)CC4)(NC(=O)CC4[CH]C4)CC3)nc2)c2c(C#N)cnn2c1. The number of nitriles is 1. The molecule has 2 saturated heterocycles. The van der Waals surface area contributed by atoms with Gasteiger partial charge in [-0.05, 0) is 63.3 Å². The molecule has 10 heteroatoms. The number of fused-ring (bicyclic) bond motifs is 1. The minimum Gasteiger partial charge on any atom is -0.492 e. The fourth-order valence-corrected chi connectivity index (χ4v) is 6.40. The number of likely N-dealkylation sites (N-methyl/N-ethyl adjacent to an activating group) is 1. The molecule has 221 valence electrons. The molecular formula is C32H41N8O2. The number of aromatic nitrogens is 3. The molecule has 1 atom stereocenters. The Morgan fingerprint density at radius 1 is 1.12 bits per heavy atom. The van der Waals surface area contributed by atoms with Gasteiger partial charge in [-0.25, -0.2) is 9.50 Å². The van der Waals surface area contributed by atoms with E-state index in [1.54, 1.807) is 16.9 Å².